The lowest BCUT2D eigenvalue weighted by Crippen LogP contribution is -2.36. The predicted octanol–water partition coefficient (Wildman–Crippen LogP) is -0.191. The molecule has 1 heterocycles. The van der Waals surface area contributed by atoms with Crippen LogP contribution in [-0.2, 0) is 0 Å². The summed E-state index contributed by atoms with van der Waals surface area (Å²) in [6.45, 7) is 0. The lowest BCUT2D eigenvalue weighted by atomic mass is 10.0. The fraction of sp³-hybridized carbons (Fsp3) is 0.0833. The van der Waals surface area contributed by atoms with Crippen molar-refractivity contribution in [1.29, 1.82) is 0 Å². The number of anilines is 1. The van der Waals surface area contributed by atoms with Crippen molar-refractivity contribution in [3.8, 4) is 0 Å². The number of fused-ring (bicyclic) bond motifs is 1. The fourth-order valence-corrected chi connectivity index (χ4v) is 2.45. The molecule has 1 unspecified atom stereocenters. The Morgan fingerprint density at radius 2 is 1.65 bits per heavy atom. The number of hydrogen-bond acceptors (Lipinski definition) is 10. The summed E-state index contributed by atoms with van der Waals surface area (Å²) in [7, 11) is 0. The first kappa shape index (κ1) is 16.8. The van der Waals surface area contributed by atoms with E-state index in [0.717, 1.165) is 17.3 Å². The summed E-state index contributed by atoms with van der Waals surface area (Å²) in [6, 6.07) is 4.57. The third kappa shape index (κ3) is 2.46. The second-order valence-electron chi connectivity index (χ2n) is 5.10. The van der Waals surface area contributed by atoms with Crippen LogP contribution >= 0.6 is 0 Å². The molecular formula is C12H8N6O8. The van der Waals surface area contributed by atoms with E-state index in [0.29, 0.717) is 6.08 Å². The minimum atomic E-state index is -2.00. The van der Waals surface area contributed by atoms with Gasteiger partial charge in [0.2, 0.25) is 11.8 Å². The first-order valence-corrected chi connectivity index (χ1v) is 6.80. The average Bonchev–Trinajstić information content (AvgIpc) is 2.92. The first-order valence-electron chi connectivity index (χ1n) is 6.80. The Morgan fingerprint density at radius 3 is 2.15 bits per heavy atom. The minimum absolute atomic E-state index is 0.0150. The van der Waals surface area contributed by atoms with Crippen molar-refractivity contribution in [3.05, 3.63) is 83.0 Å². The van der Waals surface area contributed by atoms with Crippen LogP contribution in [0.5, 0.6) is 0 Å². The Balaban J connectivity index is 2.09. The highest BCUT2D eigenvalue weighted by atomic mass is 16.6. The van der Waals surface area contributed by atoms with Crippen LogP contribution in [0.1, 0.15) is 0 Å². The third-order valence-corrected chi connectivity index (χ3v) is 3.65. The Bertz CT molecular complexity index is 934. The molecule has 0 saturated carbocycles. The largest absolute Gasteiger partial charge is 0.594 e. The van der Waals surface area contributed by atoms with Gasteiger partial charge in [-0.05, 0) is 17.3 Å². The standard InChI is InChI=1S/C12H8N6O8/c19-12-9(18(25)26)5-8(17(23)24)10-11(12)15(20)14(13-10)6-1-3-7(4-2-6)16(21)22/h1-5,12-13,19H. The number of hydrogen-bond donors (Lipinski definition) is 2. The van der Waals surface area contributed by atoms with Crippen molar-refractivity contribution in [1.82, 2.24) is 5.43 Å². The number of non-ortho nitro benzene ring substituents is 1. The van der Waals surface area contributed by atoms with Crippen molar-refractivity contribution in [2.45, 2.75) is 6.10 Å². The van der Waals surface area contributed by atoms with Gasteiger partial charge in [-0.3, -0.25) is 30.3 Å². The van der Waals surface area contributed by atoms with Crippen LogP contribution in [-0.4, -0.2) is 36.5 Å². The van der Waals surface area contributed by atoms with Crippen LogP contribution in [0.15, 0.2) is 47.4 Å². The van der Waals surface area contributed by atoms with Crippen LogP contribution < -0.4 is 10.5 Å². The molecule has 26 heavy (non-hydrogen) atoms. The van der Waals surface area contributed by atoms with Crippen LogP contribution in [0.25, 0.3) is 0 Å². The summed E-state index contributed by atoms with van der Waals surface area (Å²) in [4.78, 5) is 30.2. The SMILES string of the molecule is O=[N+]([O-])C1=CC([N+](=O)[O-])=C2NN(c3ccc([N+](=O)[O-])cc3)[N+]([O-])=C2C1O. The molecule has 1 aliphatic heterocycles. The smallest absolute Gasteiger partial charge is 0.307 e. The Morgan fingerprint density at radius 1 is 1.04 bits per heavy atom. The molecule has 0 radical (unpaired) electrons. The number of aliphatic hydroxyl groups is 1. The Kier molecular flexibility index (Phi) is 3.73. The molecule has 14 nitrogen and oxygen atoms in total. The van der Waals surface area contributed by atoms with Gasteiger partial charge in [-0.2, -0.15) is 0 Å². The highest BCUT2D eigenvalue weighted by Crippen LogP contribution is 2.28. The van der Waals surface area contributed by atoms with Crippen molar-refractivity contribution in [2.75, 3.05) is 5.12 Å². The molecule has 0 amide bonds. The maximum Gasteiger partial charge on any atom is 0.307 e. The van der Waals surface area contributed by atoms with Crippen molar-refractivity contribution in [3.63, 3.8) is 0 Å². The number of rotatable bonds is 4. The third-order valence-electron chi connectivity index (χ3n) is 3.65. The molecule has 1 atom stereocenters. The number of nitro groups is 3. The average molecular weight is 364 g/mol. The van der Waals surface area contributed by atoms with Gasteiger partial charge in [0.15, 0.2) is 0 Å². The Hall–Kier alpha value is -4.07. The van der Waals surface area contributed by atoms with Gasteiger partial charge in [-0.1, -0.05) is 4.85 Å². The van der Waals surface area contributed by atoms with Crippen molar-refractivity contribution >= 4 is 17.1 Å². The van der Waals surface area contributed by atoms with E-state index < -0.39 is 43.7 Å². The number of nitro benzene ring substituents is 1. The molecule has 0 saturated heterocycles. The zero-order valence-electron chi connectivity index (χ0n) is 12.5. The highest BCUT2D eigenvalue weighted by Gasteiger charge is 2.51. The molecule has 2 N–H and O–H groups in total. The van der Waals surface area contributed by atoms with E-state index in [4.69, 9.17) is 0 Å². The number of nitrogens with zero attached hydrogens (tertiary/aromatic N) is 5. The number of aliphatic hydroxyl groups excluding tert-OH is 1. The molecular weight excluding hydrogens is 356 g/mol. The van der Waals surface area contributed by atoms with Crippen molar-refractivity contribution < 1.29 is 24.7 Å². The molecule has 14 heteroatoms. The normalized spacial score (nSPS) is 19.0. The van der Waals surface area contributed by atoms with E-state index in [9.17, 15) is 40.7 Å². The van der Waals surface area contributed by atoms with Gasteiger partial charge in [-0.15, -0.1) is 0 Å². The summed E-state index contributed by atoms with van der Waals surface area (Å²) in [5.41, 5.74) is -0.572. The van der Waals surface area contributed by atoms with Crippen molar-refractivity contribution in [2.24, 2.45) is 0 Å². The van der Waals surface area contributed by atoms with E-state index in [-0.39, 0.29) is 16.2 Å². The fourth-order valence-electron chi connectivity index (χ4n) is 2.45. The molecule has 1 aliphatic carbocycles. The predicted molar refractivity (Wildman–Crippen MR) is 82.5 cm³/mol. The number of hydrazine groups is 2. The van der Waals surface area contributed by atoms with Gasteiger partial charge < -0.3 is 10.3 Å². The molecule has 3 rings (SSSR count). The van der Waals surface area contributed by atoms with E-state index in [2.05, 4.69) is 5.43 Å². The lowest BCUT2D eigenvalue weighted by Gasteiger charge is -2.15. The molecule has 0 bridgehead atoms. The number of nitrogens with one attached hydrogen (secondary N) is 1. The molecule has 134 valence electrons. The molecule has 0 aromatic heterocycles. The first-order chi connectivity index (χ1) is 12.2. The number of allylic oxidation sites excluding steroid dienone is 1. The monoisotopic (exact) mass is 364 g/mol. The zero-order chi connectivity index (χ0) is 19.2. The van der Waals surface area contributed by atoms with E-state index in [1.807, 2.05) is 0 Å². The molecule has 1 aromatic rings. The molecule has 2 aliphatic rings. The topological polar surface area (TPSA) is 191 Å². The van der Waals surface area contributed by atoms with E-state index in [1.165, 1.54) is 12.1 Å². The van der Waals surface area contributed by atoms with Gasteiger partial charge in [0.1, 0.15) is 5.69 Å². The minimum Gasteiger partial charge on any atom is -0.594 e. The van der Waals surface area contributed by atoms with Gasteiger partial charge in [0.25, 0.3) is 17.1 Å². The van der Waals surface area contributed by atoms with Crippen LogP contribution in [0.4, 0.5) is 11.4 Å². The molecule has 1 aromatic carbocycles. The molecule has 0 fully saturated rings. The second-order valence-corrected chi connectivity index (χ2v) is 5.10. The van der Waals surface area contributed by atoms with E-state index in [1.54, 1.807) is 0 Å². The summed E-state index contributed by atoms with van der Waals surface area (Å²) < 4.78 is 0. The lowest BCUT2D eigenvalue weighted by molar-refractivity contribution is -0.477. The quantitative estimate of drug-likeness (QED) is 0.313. The summed E-state index contributed by atoms with van der Waals surface area (Å²) in [5.74, 6) is 0. The van der Waals surface area contributed by atoms with Gasteiger partial charge >= 0.3 is 5.70 Å². The van der Waals surface area contributed by atoms with Crippen LogP contribution in [0, 0.1) is 35.6 Å². The maximum absolute atomic E-state index is 12.4. The molecule has 0 spiro atoms. The summed E-state index contributed by atoms with van der Waals surface area (Å²) in [5, 5.41) is 56.1. The summed E-state index contributed by atoms with van der Waals surface area (Å²) in [6.07, 6.45) is -1.44. The van der Waals surface area contributed by atoms with Gasteiger partial charge in [0, 0.05) is 12.1 Å². The number of benzene rings is 1. The van der Waals surface area contributed by atoms with Crippen LogP contribution in [0.2, 0.25) is 0 Å². The highest BCUT2D eigenvalue weighted by molar-refractivity contribution is 6.04. The Labute approximate surface area is 142 Å². The van der Waals surface area contributed by atoms with Gasteiger partial charge in [-0.25, -0.2) is 5.43 Å². The van der Waals surface area contributed by atoms with E-state index >= 15 is 0 Å². The maximum atomic E-state index is 12.4. The number of hydrazone groups is 1. The summed E-state index contributed by atoms with van der Waals surface area (Å²) >= 11 is 0. The van der Waals surface area contributed by atoms with Gasteiger partial charge in [0.05, 0.1) is 20.8 Å². The second kappa shape index (κ2) is 5.78. The van der Waals surface area contributed by atoms with Crippen LogP contribution in [0.3, 0.4) is 0 Å². The zero-order valence-corrected chi connectivity index (χ0v) is 12.5.